The summed E-state index contributed by atoms with van der Waals surface area (Å²) in [7, 11) is 2.12. The van der Waals surface area contributed by atoms with Crippen LogP contribution in [0.25, 0.3) is 0 Å². The maximum Gasteiger partial charge on any atom is 0.226 e. The fraction of sp³-hybridized carbons (Fsp3) is 0.588. The second-order valence-electron chi connectivity index (χ2n) is 5.77. The molecule has 1 amide bonds. The van der Waals surface area contributed by atoms with Crippen LogP contribution in [-0.4, -0.2) is 48.9 Å². The van der Waals surface area contributed by atoms with Crippen LogP contribution in [0.3, 0.4) is 0 Å². The molecular weight excluding hydrogens is 284 g/mol. The highest BCUT2D eigenvalue weighted by Crippen LogP contribution is 2.30. The smallest absolute Gasteiger partial charge is 0.226 e. The number of piperidine rings is 1. The lowest BCUT2D eigenvalue weighted by atomic mass is 9.84. The third kappa shape index (κ3) is 4.45. The molecule has 1 aromatic rings. The summed E-state index contributed by atoms with van der Waals surface area (Å²) in [4.78, 5) is 16.8. The molecule has 1 fully saturated rings. The van der Waals surface area contributed by atoms with E-state index in [1.165, 1.54) is 5.56 Å². The number of benzene rings is 1. The van der Waals surface area contributed by atoms with Gasteiger partial charge in [0.25, 0.3) is 0 Å². The van der Waals surface area contributed by atoms with Crippen LogP contribution in [-0.2, 0) is 4.79 Å². The summed E-state index contributed by atoms with van der Waals surface area (Å²) >= 11 is 0. The van der Waals surface area contributed by atoms with Crippen LogP contribution >= 0.6 is 12.4 Å². The molecule has 21 heavy (non-hydrogen) atoms. The minimum absolute atomic E-state index is 0. The van der Waals surface area contributed by atoms with Gasteiger partial charge in [-0.1, -0.05) is 30.3 Å². The topological polar surface area (TPSA) is 23.6 Å². The summed E-state index contributed by atoms with van der Waals surface area (Å²) < 4.78 is 0. The molecule has 0 spiro atoms. The van der Waals surface area contributed by atoms with Crippen molar-refractivity contribution in [1.29, 1.82) is 0 Å². The molecule has 2 atom stereocenters. The Balaban J connectivity index is 0.00000220. The number of rotatable bonds is 4. The first-order valence-corrected chi connectivity index (χ1v) is 7.68. The summed E-state index contributed by atoms with van der Waals surface area (Å²) in [6.45, 7) is 7.67. The third-order valence-electron chi connectivity index (χ3n) is 4.33. The molecule has 1 heterocycles. The Morgan fingerprint density at radius 2 is 1.81 bits per heavy atom. The molecule has 2 unspecified atom stereocenters. The normalized spacial score (nSPS) is 22.4. The largest absolute Gasteiger partial charge is 0.343 e. The van der Waals surface area contributed by atoms with Gasteiger partial charge < -0.3 is 9.80 Å². The van der Waals surface area contributed by atoms with E-state index in [0.717, 1.165) is 32.6 Å². The molecule has 1 saturated heterocycles. The Labute approximate surface area is 134 Å². The van der Waals surface area contributed by atoms with Gasteiger partial charge in [-0.15, -0.1) is 12.4 Å². The van der Waals surface area contributed by atoms with E-state index in [2.05, 4.69) is 56.1 Å². The maximum absolute atomic E-state index is 12.6. The molecule has 4 heteroatoms. The average Bonchev–Trinajstić information content (AvgIpc) is 2.48. The van der Waals surface area contributed by atoms with Crippen molar-refractivity contribution >= 4 is 18.3 Å². The van der Waals surface area contributed by atoms with Crippen molar-refractivity contribution in [3.05, 3.63) is 35.9 Å². The van der Waals surface area contributed by atoms with Gasteiger partial charge in [0.15, 0.2) is 0 Å². The number of likely N-dealkylation sites (N-methyl/N-ethyl adjacent to an activating group) is 1. The molecule has 0 aliphatic carbocycles. The molecule has 2 rings (SSSR count). The van der Waals surface area contributed by atoms with Crippen LogP contribution < -0.4 is 0 Å². The lowest BCUT2D eigenvalue weighted by Gasteiger charge is -2.37. The van der Waals surface area contributed by atoms with E-state index < -0.39 is 0 Å². The minimum Gasteiger partial charge on any atom is -0.343 e. The highest BCUT2D eigenvalue weighted by Gasteiger charge is 2.32. The third-order valence-corrected chi connectivity index (χ3v) is 4.33. The van der Waals surface area contributed by atoms with E-state index >= 15 is 0 Å². The monoisotopic (exact) mass is 310 g/mol. The van der Waals surface area contributed by atoms with Crippen LogP contribution in [0.4, 0.5) is 0 Å². The van der Waals surface area contributed by atoms with E-state index in [9.17, 15) is 4.79 Å². The zero-order chi connectivity index (χ0) is 14.5. The summed E-state index contributed by atoms with van der Waals surface area (Å²) in [6.07, 6.45) is 0.976. The fourth-order valence-corrected chi connectivity index (χ4v) is 3.26. The molecule has 1 aliphatic rings. The first-order chi connectivity index (χ1) is 9.65. The predicted octanol–water partition coefficient (Wildman–Crippen LogP) is 3.01. The Kier molecular flexibility index (Phi) is 7.20. The van der Waals surface area contributed by atoms with E-state index in [-0.39, 0.29) is 18.3 Å². The second-order valence-corrected chi connectivity index (χ2v) is 5.77. The Bertz CT molecular complexity index is 434. The fourth-order valence-electron chi connectivity index (χ4n) is 3.26. The summed E-state index contributed by atoms with van der Waals surface area (Å²) in [5.41, 5.74) is 1.36. The lowest BCUT2D eigenvalue weighted by Crippen LogP contribution is -2.45. The van der Waals surface area contributed by atoms with Gasteiger partial charge >= 0.3 is 0 Å². The standard InChI is InChI=1S/C17H26N2O.ClH/c1-4-19(5-2)17(20)16-11-15(12-18(3)13-16)14-9-7-6-8-10-14;/h6-10,15-16H,4-5,11-13H2,1-3H3;1H. The molecule has 118 valence electrons. The summed E-state index contributed by atoms with van der Waals surface area (Å²) in [5.74, 6) is 0.931. The van der Waals surface area contributed by atoms with Gasteiger partial charge in [-0.25, -0.2) is 0 Å². The van der Waals surface area contributed by atoms with Crippen molar-refractivity contribution in [3.8, 4) is 0 Å². The molecule has 0 N–H and O–H groups in total. The molecule has 0 saturated carbocycles. The summed E-state index contributed by atoms with van der Waals surface area (Å²) in [6, 6.07) is 10.6. The van der Waals surface area contributed by atoms with Crippen molar-refractivity contribution < 1.29 is 4.79 Å². The quantitative estimate of drug-likeness (QED) is 0.853. The Morgan fingerprint density at radius 3 is 2.38 bits per heavy atom. The summed E-state index contributed by atoms with van der Waals surface area (Å²) in [5, 5.41) is 0. The van der Waals surface area contributed by atoms with Crippen LogP contribution in [0.5, 0.6) is 0 Å². The van der Waals surface area contributed by atoms with Gasteiger partial charge in [0.1, 0.15) is 0 Å². The van der Waals surface area contributed by atoms with E-state index in [1.807, 2.05) is 4.90 Å². The number of nitrogens with zero attached hydrogens (tertiary/aromatic N) is 2. The van der Waals surface area contributed by atoms with Crippen LogP contribution in [0.1, 0.15) is 31.7 Å². The number of likely N-dealkylation sites (tertiary alicyclic amines) is 1. The first kappa shape index (κ1) is 18.0. The number of carbonyl (C=O) groups is 1. The predicted molar refractivity (Wildman–Crippen MR) is 90.0 cm³/mol. The van der Waals surface area contributed by atoms with Gasteiger partial charge in [0.2, 0.25) is 5.91 Å². The Hall–Kier alpha value is -1.06. The number of carbonyl (C=O) groups excluding carboxylic acids is 1. The van der Waals surface area contributed by atoms with Crippen LogP contribution in [0, 0.1) is 5.92 Å². The second kappa shape index (κ2) is 8.40. The van der Waals surface area contributed by atoms with Crippen molar-refractivity contribution in [2.45, 2.75) is 26.2 Å². The molecule has 0 bridgehead atoms. The molecule has 3 nitrogen and oxygen atoms in total. The maximum atomic E-state index is 12.6. The number of amides is 1. The number of hydrogen-bond acceptors (Lipinski definition) is 2. The first-order valence-electron chi connectivity index (χ1n) is 7.68. The molecule has 0 aromatic heterocycles. The molecule has 1 aromatic carbocycles. The highest BCUT2D eigenvalue weighted by molar-refractivity contribution is 5.85. The zero-order valence-corrected chi connectivity index (χ0v) is 14.1. The average molecular weight is 311 g/mol. The Morgan fingerprint density at radius 1 is 1.19 bits per heavy atom. The van der Waals surface area contributed by atoms with Crippen LogP contribution in [0.2, 0.25) is 0 Å². The number of hydrogen-bond donors (Lipinski definition) is 0. The molecular formula is C17H27ClN2O. The van der Waals surface area contributed by atoms with Crippen LogP contribution in [0.15, 0.2) is 30.3 Å². The SMILES string of the molecule is CCN(CC)C(=O)C1CC(c2ccccc2)CN(C)C1.Cl. The van der Waals surface area contributed by atoms with Gasteiger partial charge in [-0.3, -0.25) is 4.79 Å². The van der Waals surface area contributed by atoms with Gasteiger partial charge in [-0.2, -0.15) is 0 Å². The van der Waals surface area contributed by atoms with Crippen molar-refractivity contribution in [2.75, 3.05) is 33.2 Å². The van der Waals surface area contributed by atoms with E-state index in [0.29, 0.717) is 11.8 Å². The van der Waals surface area contributed by atoms with Gasteiger partial charge in [0.05, 0.1) is 5.92 Å². The molecule has 1 aliphatic heterocycles. The zero-order valence-electron chi connectivity index (χ0n) is 13.3. The van der Waals surface area contributed by atoms with Crippen molar-refractivity contribution in [1.82, 2.24) is 9.80 Å². The highest BCUT2D eigenvalue weighted by atomic mass is 35.5. The van der Waals surface area contributed by atoms with Crippen molar-refractivity contribution in [3.63, 3.8) is 0 Å². The lowest BCUT2D eigenvalue weighted by molar-refractivity contribution is -0.137. The molecule has 0 radical (unpaired) electrons. The van der Waals surface area contributed by atoms with E-state index in [1.54, 1.807) is 0 Å². The number of halogens is 1. The minimum atomic E-state index is 0. The van der Waals surface area contributed by atoms with Gasteiger partial charge in [-0.05, 0) is 38.8 Å². The van der Waals surface area contributed by atoms with Crippen molar-refractivity contribution in [2.24, 2.45) is 5.92 Å². The van der Waals surface area contributed by atoms with E-state index in [4.69, 9.17) is 0 Å². The van der Waals surface area contributed by atoms with Gasteiger partial charge in [0, 0.05) is 26.2 Å².